The summed E-state index contributed by atoms with van der Waals surface area (Å²) in [6, 6.07) is 22.7. The molecule has 4 aromatic rings. The normalized spacial score (nSPS) is 11.4. The summed E-state index contributed by atoms with van der Waals surface area (Å²) >= 11 is 6.49. The lowest BCUT2D eigenvalue weighted by atomic mass is 10.0. The molecule has 0 unspecified atom stereocenters. The van der Waals surface area contributed by atoms with E-state index < -0.39 is 0 Å². The molecule has 31 heavy (non-hydrogen) atoms. The molecule has 0 amide bonds. The van der Waals surface area contributed by atoms with Crippen molar-refractivity contribution in [2.24, 2.45) is 0 Å². The van der Waals surface area contributed by atoms with E-state index in [2.05, 4.69) is 61.7 Å². The van der Waals surface area contributed by atoms with E-state index >= 15 is 0 Å². The van der Waals surface area contributed by atoms with Gasteiger partial charge in [0.1, 0.15) is 11.6 Å². The fourth-order valence-electron chi connectivity index (χ4n) is 3.95. The lowest BCUT2D eigenvalue weighted by molar-refractivity contribution is 0.299. The number of nitrogens with zero attached hydrogens (tertiary/aromatic N) is 2. The van der Waals surface area contributed by atoms with Crippen LogP contribution in [0.4, 0.5) is 0 Å². The molecule has 0 bridgehead atoms. The maximum absolute atomic E-state index is 6.49. The van der Waals surface area contributed by atoms with Crippen LogP contribution in [0.5, 0.6) is 5.75 Å². The van der Waals surface area contributed by atoms with Gasteiger partial charge in [0, 0.05) is 12.1 Å². The van der Waals surface area contributed by atoms with Crippen LogP contribution in [0.2, 0.25) is 5.02 Å². The highest BCUT2D eigenvalue weighted by Crippen LogP contribution is 2.31. The van der Waals surface area contributed by atoms with Crippen LogP contribution in [-0.4, -0.2) is 16.2 Å². The average molecular weight is 433 g/mol. The Morgan fingerprint density at radius 1 is 0.968 bits per heavy atom. The molecule has 4 heteroatoms. The molecule has 0 N–H and O–H groups in total. The van der Waals surface area contributed by atoms with Gasteiger partial charge in [0.15, 0.2) is 0 Å². The van der Waals surface area contributed by atoms with Crippen LogP contribution < -0.4 is 4.74 Å². The number of halogens is 1. The Balaban J connectivity index is 1.47. The zero-order valence-electron chi connectivity index (χ0n) is 18.4. The minimum Gasteiger partial charge on any atom is -0.493 e. The smallest absolute Gasteiger partial charge is 0.142 e. The third kappa shape index (κ3) is 4.77. The van der Waals surface area contributed by atoms with Crippen molar-refractivity contribution in [2.75, 3.05) is 6.61 Å². The van der Waals surface area contributed by atoms with Gasteiger partial charge in [-0.25, -0.2) is 4.98 Å². The van der Waals surface area contributed by atoms with Crippen LogP contribution >= 0.6 is 11.6 Å². The number of para-hydroxylation sites is 2. The van der Waals surface area contributed by atoms with Crippen LogP contribution in [0.3, 0.4) is 0 Å². The number of imidazole rings is 1. The van der Waals surface area contributed by atoms with Gasteiger partial charge in [-0.05, 0) is 67.1 Å². The first kappa shape index (κ1) is 21.5. The lowest BCUT2D eigenvalue weighted by Crippen LogP contribution is -2.05. The molecule has 0 saturated heterocycles. The number of unbranched alkanes of at least 4 members (excludes halogenated alkanes) is 1. The molecule has 0 fully saturated rings. The topological polar surface area (TPSA) is 27.1 Å². The summed E-state index contributed by atoms with van der Waals surface area (Å²) in [5, 5.41) is 0.725. The Bertz CT molecular complexity index is 1180. The van der Waals surface area contributed by atoms with Crippen LogP contribution in [0, 0.1) is 6.92 Å². The van der Waals surface area contributed by atoms with Gasteiger partial charge >= 0.3 is 0 Å². The van der Waals surface area contributed by atoms with Gasteiger partial charge in [-0.2, -0.15) is 0 Å². The molecule has 1 heterocycles. The number of ether oxygens (including phenoxy) is 1. The van der Waals surface area contributed by atoms with Crippen molar-refractivity contribution < 1.29 is 4.74 Å². The maximum atomic E-state index is 6.49. The molecule has 3 nitrogen and oxygen atoms in total. The summed E-state index contributed by atoms with van der Waals surface area (Å²) in [5.41, 5.74) is 5.60. The zero-order valence-corrected chi connectivity index (χ0v) is 19.2. The molecule has 0 spiro atoms. The summed E-state index contributed by atoms with van der Waals surface area (Å²) in [5.74, 6) is 2.39. The molecule has 0 radical (unpaired) electrons. The second-order valence-electron chi connectivity index (χ2n) is 8.31. The minimum absolute atomic E-state index is 0.450. The van der Waals surface area contributed by atoms with E-state index in [4.69, 9.17) is 21.3 Å². The first-order valence-corrected chi connectivity index (χ1v) is 11.4. The number of fused-ring (bicyclic) bond motifs is 1. The van der Waals surface area contributed by atoms with Gasteiger partial charge in [0.2, 0.25) is 0 Å². The standard InChI is InChI=1S/C27H29ClN2O/c1-19(2)21-15-14-20(3)18-26(21)31-17-9-8-16-30-25-13-7-6-12-24(25)29-27(30)22-10-4-5-11-23(22)28/h4-7,10-15,18-19H,8-9,16-17H2,1-3H3. The highest BCUT2D eigenvalue weighted by atomic mass is 35.5. The number of hydrogen-bond acceptors (Lipinski definition) is 2. The van der Waals surface area contributed by atoms with Crippen molar-refractivity contribution in [3.05, 3.63) is 82.9 Å². The fourth-order valence-corrected chi connectivity index (χ4v) is 4.17. The summed E-state index contributed by atoms with van der Waals surface area (Å²) in [6.07, 6.45) is 1.97. The molecule has 0 saturated carbocycles. The van der Waals surface area contributed by atoms with E-state index in [0.717, 1.165) is 52.6 Å². The zero-order chi connectivity index (χ0) is 21.8. The Morgan fingerprint density at radius 2 is 1.74 bits per heavy atom. The fraction of sp³-hybridized carbons (Fsp3) is 0.296. The van der Waals surface area contributed by atoms with Crippen molar-refractivity contribution in [3.63, 3.8) is 0 Å². The maximum Gasteiger partial charge on any atom is 0.142 e. The second-order valence-corrected chi connectivity index (χ2v) is 8.71. The molecule has 0 aliphatic heterocycles. The molecular formula is C27H29ClN2O. The molecule has 1 aromatic heterocycles. The molecule has 4 rings (SSSR count). The van der Waals surface area contributed by atoms with Gasteiger partial charge < -0.3 is 9.30 Å². The van der Waals surface area contributed by atoms with E-state index in [1.807, 2.05) is 30.3 Å². The first-order valence-electron chi connectivity index (χ1n) is 11.0. The highest BCUT2D eigenvalue weighted by Gasteiger charge is 2.14. The number of benzene rings is 3. The predicted molar refractivity (Wildman–Crippen MR) is 130 cm³/mol. The van der Waals surface area contributed by atoms with Gasteiger partial charge in [-0.15, -0.1) is 0 Å². The van der Waals surface area contributed by atoms with Crippen LogP contribution in [-0.2, 0) is 6.54 Å². The Labute approximate surface area is 189 Å². The van der Waals surface area contributed by atoms with Crippen LogP contribution in [0.15, 0.2) is 66.7 Å². The molecule has 3 aromatic carbocycles. The number of aromatic nitrogens is 2. The van der Waals surface area contributed by atoms with E-state index in [0.29, 0.717) is 12.5 Å². The quantitative estimate of drug-likeness (QED) is 0.267. The van der Waals surface area contributed by atoms with Gasteiger partial charge in [0.05, 0.1) is 22.7 Å². The van der Waals surface area contributed by atoms with E-state index in [-0.39, 0.29) is 0 Å². The number of hydrogen-bond donors (Lipinski definition) is 0. The molecular weight excluding hydrogens is 404 g/mol. The second kappa shape index (κ2) is 9.57. The third-order valence-electron chi connectivity index (χ3n) is 5.59. The number of aryl methyl sites for hydroxylation is 2. The van der Waals surface area contributed by atoms with Gasteiger partial charge in [-0.3, -0.25) is 0 Å². The van der Waals surface area contributed by atoms with Gasteiger partial charge in [0.25, 0.3) is 0 Å². The Morgan fingerprint density at radius 3 is 2.55 bits per heavy atom. The van der Waals surface area contributed by atoms with Crippen molar-refractivity contribution in [2.45, 2.75) is 46.1 Å². The molecule has 0 aliphatic rings. The van der Waals surface area contributed by atoms with E-state index in [1.165, 1.54) is 11.1 Å². The van der Waals surface area contributed by atoms with E-state index in [9.17, 15) is 0 Å². The SMILES string of the molecule is Cc1ccc(C(C)C)c(OCCCCn2c(-c3ccccc3Cl)nc3ccccc32)c1. The molecule has 160 valence electrons. The summed E-state index contributed by atoms with van der Waals surface area (Å²) in [7, 11) is 0. The van der Waals surface area contributed by atoms with E-state index in [1.54, 1.807) is 0 Å². The largest absolute Gasteiger partial charge is 0.493 e. The molecule has 0 atom stereocenters. The first-order chi connectivity index (χ1) is 15.0. The summed E-state index contributed by atoms with van der Waals surface area (Å²) in [6.45, 7) is 8.10. The Kier molecular flexibility index (Phi) is 6.62. The van der Waals surface area contributed by atoms with Gasteiger partial charge in [-0.1, -0.05) is 61.8 Å². The molecule has 0 aliphatic carbocycles. The van der Waals surface area contributed by atoms with Crippen molar-refractivity contribution in [3.8, 4) is 17.1 Å². The summed E-state index contributed by atoms with van der Waals surface area (Å²) < 4.78 is 8.45. The summed E-state index contributed by atoms with van der Waals surface area (Å²) in [4.78, 5) is 4.88. The van der Waals surface area contributed by atoms with Crippen LogP contribution in [0.25, 0.3) is 22.4 Å². The Hall–Kier alpha value is -2.78. The minimum atomic E-state index is 0.450. The van der Waals surface area contributed by atoms with Crippen molar-refractivity contribution in [1.29, 1.82) is 0 Å². The predicted octanol–water partition coefficient (Wildman–Crippen LogP) is 7.65. The van der Waals surface area contributed by atoms with Crippen molar-refractivity contribution >= 4 is 22.6 Å². The highest BCUT2D eigenvalue weighted by molar-refractivity contribution is 6.33. The third-order valence-corrected chi connectivity index (χ3v) is 5.92. The lowest BCUT2D eigenvalue weighted by Gasteiger charge is -2.15. The average Bonchev–Trinajstić information content (AvgIpc) is 3.12. The number of rotatable bonds is 8. The monoisotopic (exact) mass is 432 g/mol. The van der Waals surface area contributed by atoms with Crippen LogP contribution in [0.1, 0.15) is 43.7 Å². The van der Waals surface area contributed by atoms with Crippen molar-refractivity contribution in [1.82, 2.24) is 9.55 Å².